The molecule has 3 rings (SSSR count). The highest BCUT2D eigenvalue weighted by atomic mass is 35.5. The number of carboxylic acid groups (broad SMARTS) is 1. The van der Waals surface area contributed by atoms with Gasteiger partial charge in [0.05, 0.1) is 11.8 Å². The number of carbonyl (C=O) groups excluding carboxylic acids is 1. The summed E-state index contributed by atoms with van der Waals surface area (Å²) in [6.45, 7) is 1.88. The Bertz CT molecular complexity index is 640. The molecule has 21 heavy (non-hydrogen) atoms. The Morgan fingerprint density at radius 2 is 1.90 bits per heavy atom. The number of amides is 1. The Morgan fingerprint density at radius 3 is 2.52 bits per heavy atom. The van der Waals surface area contributed by atoms with Gasteiger partial charge in [-0.3, -0.25) is 9.59 Å². The molecule has 2 aliphatic carbocycles. The highest BCUT2D eigenvalue weighted by Crippen LogP contribution is 2.48. The average Bonchev–Trinajstić information content (AvgIpc) is 3.03. The third-order valence-electron chi connectivity index (χ3n) is 4.49. The molecule has 1 aromatic rings. The molecular weight excluding hydrogens is 290 g/mol. The van der Waals surface area contributed by atoms with Crippen LogP contribution in [0.25, 0.3) is 0 Å². The van der Waals surface area contributed by atoms with E-state index < -0.39 is 17.8 Å². The van der Waals surface area contributed by atoms with Crippen molar-refractivity contribution < 1.29 is 14.7 Å². The smallest absolute Gasteiger partial charge is 0.307 e. The van der Waals surface area contributed by atoms with E-state index in [0.29, 0.717) is 10.7 Å². The van der Waals surface area contributed by atoms with Crippen molar-refractivity contribution in [2.24, 2.45) is 23.7 Å². The van der Waals surface area contributed by atoms with Crippen molar-refractivity contribution in [3.05, 3.63) is 40.9 Å². The van der Waals surface area contributed by atoms with Crippen LogP contribution in [-0.2, 0) is 9.59 Å². The van der Waals surface area contributed by atoms with Crippen molar-refractivity contribution in [3.63, 3.8) is 0 Å². The van der Waals surface area contributed by atoms with Gasteiger partial charge in [-0.1, -0.05) is 29.8 Å². The van der Waals surface area contributed by atoms with Crippen LogP contribution in [0.3, 0.4) is 0 Å². The van der Waals surface area contributed by atoms with Crippen LogP contribution >= 0.6 is 11.6 Å². The standard InChI is InChI=1S/C16H16ClNO3/c1-8-2-5-11(7-12(8)17)18-15(19)13-9-3-4-10(6-9)14(13)16(20)21/h2-5,7,9-10,13-14H,6H2,1H3,(H,18,19)(H,20,21)/t9-,10-,13+,14-/m0/s1. The second-order valence-corrected chi connectivity index (χ2v) is 6.20. The van der Waals surface area contributed by atoms with Crippen LogP contribution in [0.2, 0.25) is 5.02 Å². The Labute approximate surface area is 127 Å². The fourth-order valence-corrected chi connectivity index (χ4v) is 3.59. The summed E-state index contributed by atoms with van der Waals surface area (Å²) < 4.78 is 0. The number of hydrogen-bond acceptors (Lipinski definition) is 2. The van der Waals surface area contributed by atoms with Crippen molar-refractivity contribution in [1.29, 1.82) is 0 Å². The first-order chi connectivity index (χ1) is 9.97. The molecule has 2 bridgehead atoms. The molecule has 0 saturated heterocycles. The topological polar surface area (TPSA) is 66.4 Å². The van der Waals surface area contributed by atoms with Crippen molar-refractivity contribution in [2.75, 3.05) is 5.32 Å². The summed E-state index contributed by atoms with van der Waals surface area (Å²) in [7, 11) is 0. The van der Waals surface area contributed by atoms with Gasteiger partial charge in [-0.25, -0.2) is 0 Å². The Morgan fingerprint density at radius 1 is 1.24 bits per heavy atom. The second-order valence-electron chi connectivity index (χ2n) is 5.79. The molecule has 1 saturated carbocycles. The summed E-state index contributed by atoms with van der Waals surface area (Å²) in [5.41, 5.74) is 1.53. The fraction of sp³-hybridized carbons (Fsp3) is 0.375. The summed E-state index contributed by atoms with van der Waals surface area (Å²) in [6, 6.07) is 5.29. The van der Waals surface area contributed by atoms with Crippen molar-refractivity contribution in [1.82, 2.24) is 0 Å². The number of hydrogen-bond donors (Lipinski definition) is 2. The number of halogens is 1. The highest BCUT2D eigenvalue weighted by Gasteiger charge is 2.51. The molecule has 2 aliphatic rings. The number of benzene rings is 1. The minimum Gasteiger partial charge on any atom is -0.481 e. The van der Waals surface area contributed by atoms with Crippen LogP contribution in [-0.4, -0.2) is 17.0 Å². The Kier molecular flexibility index (Phi) is 3.49. The third-order valence-corrected chi connectivity index (χ3v) is 4.89. The first-order valence-electron chi connectivity index (χ1n) is 6.95. The molecular formula is C16H16ClNO3. The summed E-state index contributed by atoms with van der Waals surface area (Å²) in [6.07, 6.45) is 4.65. The number of carbonyl (C=O) groups is 2. The molecule has 5 heteroatoms. The van der Waals surface area contributed by atoms with E-state index in [2.05, 4.69) is 5.32 Å². The molecule has 4 nitrogen and oxygen atoms in total. The minimum atomic E-state index is -0.895. The van der Waals surface area contributed by atoms with Crippen molar-refractivity contribution in [3.8, 4) is 0 Å². The van der Waals surface area contributed by atoms with Gasteiger partial charge in [0.2, 0.25) is 5.91 Å². The Balaban J connectivity index is 1.80. The molecule has 0 aliphatic heterocycles. The maximum absolute atomic E-state index is 12.5. The van der Waals surface area contributed by atoms with Crippen LogP contribution in [0.15, 0.2) is 30.4 Å². The summed E-state index contributed by atoms with van der Waals surface area (Å²) in [4.78, 5) is 23.9. The summed E-state index contributed by atoms with van der Waals surface area (Å²) in [5, 5.41) is 12.7. The lowest BCUT2D eigenvalue weighted by molar-refractivity contribution is -0.146. The zero-order valence-electron chi connectivity index (χ0n) is 11.5. The van der Waals surface area contributed by atoms with Crippen LogP contribution in [0, 0.1) is 30.6 Å². The lowest BCUT2D eigenvalue weighted by Crippen LogP contribution is -2.36. The van der Waals surface area contributed by atoms with E-state index in [9.17, 15) is 14.7 Å². The van der Waals surface area contributed by atoms with E-state index in [-0.39, 0.29) is 17.7 Å². The fourth-order valence-electron chi connectivity index (χ4n) is 3.41. The molecule has 1 amide bonds. The van der Waals surface area contributed by atoms with Gasteiger partial charge in [-0.2, -0.15) is 0 Å². The van der Waals surface area contributed by atoms with E-state index in [4.69, 9.17) is 11.6 Å². The molecule has 0 heterocycles. The van der Waals surface area contributed by atoms with Crippen LogP contribution in [0.1, 0.15) is 12.0 Å². The van der Waals surface area contributed by atoms with Gasteiger partial charge < -0.3 is 10.4 Å². The number of anilines is 1. The first kappa shape index (κ1) is 14.1. The van der Waals surface area contributed by atoms with E-state index in [1.165, 1.54) is 0 Å². The van der Waals surface area contributed by atoms with Crippen LogP contribution in [0.5, 0.6) is 0 Å². The molecule has 1 fully saturated rings. The van der Waals surface area contributed by atoms with Crippen molar-refractivity contribution in [2.45, 2.75) is 13.3 Å². The van der Waals surface area contributed by atoms with E-state index in [0.717, 1.165) is 12.0 Å². The van der Waals surface area contributed by atoms with Crippen LogP contribution < -0.4 is 5.32 Å². The molecule has 1 aromatic carbocycles. The van der Waals surface area contributed by atoms with Gasteiger partial charge in [0, 0.05) is 10.7 Å². The number of carboxylic acids is 1. The van der Waals surface area contributed by atoms with Gasteiger partial charge in [-0.15, -0.1) is 0 Å². The van der Waals surface area contributed by atoms with Gasteiger partial charge >= 0.3 is 5.97 Å². The van der Waals surface area contributed by atoms with Gasteiger partial charge in [0.25, 0.3) is 0 Å². The third kappa shape index (κ3) is 2.44. The highest BCUT2D eigenvalue weighted by molar-refractivity contribution is 6.31. The molecule has 110 valence electrons. The lowest BCUT2D eigenvalue weighted by atomic mass is 9.82. The molecule has 0 unspecified atom stereocenters. The summed E-state index contributed by atoms with van der Waals surface area (Å²) in [5.74, 6) is -2.26. The van der Waals surface area contributed by atoms with Gasteiger partial charge in [0.1, 0.15) is 0 Å². The summed E-state index contributed by atoms with van der Waals surface area (Å²) >= 11 is 6.04. The molecule has 0 spiro atoms. The second kappa shape index (κ2) is 5.19. The van der Waals surface area contributed by atoms with Gasteiger partial charge in [0.15, 0.2) is 0 Å². The van der Waals surface area contributed by atoms with E-state index in [1.807, 2.05) is 25.1 Å². The number of fused-ring (bicyclic) bond motifs is 2. The zero-order valence-corrected chi connectivity index (χ0v) is 12.3. The first-order valence-corrected chi connectivity index (χ1v) is 7.33. The number of aliphatic carboxylic acids is 1. The number of rotatable bonds is 3. The quantitative estimate of drug-likeness (QED) is 0.843. The Hall–Kier alpha value is -1.81. The maximum atomic E-state index is 12.5. The predicted molar refractivity (Wildman–Crippen MR) is 80.2 cm³/mol. The number of aryl methyl sites for hydroxylation is 1. The largest absolute Gasteiger partial charge is 0.481 e. The zero-order chi connectivity index (χ0) is 15.1. The van der Waals surface area contributed by atoms with E-state index >= 15 is 0 Å². The minimum absolute atomic E-state index is 0.0233. The SMILES string of the molecule is Cc1ccc(NC(=O)[C@H]2[C@@H](C(=O)O)[C@H]3C=C[C@H]2C3)cc1Cl. The molecule has 2 N–H and O–H groups in total. The molecule has 0 radical (unpaired) electrons. The van der Waals surface area contributed by atoms with Crippen LogP contribution in [0.4, 0.5) is 5.69 Å². The number of nitrogens with one attached hydrogen (secondary N) is 1. The molecule has 0 aromatic heterocycles. The average molecular weight is 306 g/mol. The van der Waals surface area contributed by atoms with E-state index in [1.54, 1.807) is 12.1 Å². The lowest BCUT2D eigenvalue weighted by Gasteiger charge is -2.23. The predicted octanol–water partition coefficient (Wildman–Crippen LogP) is 3.11. The number of allylic oxidation sites excluding steroid dienone is 2. The normalized spacial score (nSPS) is 29.6. The monoisotopic (exact) mass is 305 g/mol. The molecule has 4 atom stereocenters. The van der Waals surface area contributed by atoms with Gasteiger partial charge in [-0.05, 0) is 42.9 Å². The van der Waals surface area contributed by atoms with Crippen molar-refractivity contribution >= 4 is 29.2 Å². The maximum Gasteiger partial charge on any atom is 0.307 e.